The maximum absolute atomic E-state index is 11.8. The van der Waals surface area contributed by atoms with Crippen LogP contribution in [-0.2, 0) is 19.1 Å². The zero-order valence-electron chi connectivity index (χ0n) is 14.3. The zero-order chi connectivity index (χ0) is 19.6. The molecule has 2 aromatic carbocycles. The predicted molar refractivity (Wildman–Crippen MR) is 102 cm³/mol. The molecule has 0 saturated carbocycles. The Bertz CT molecular complexity index is 852. The summed E-state index contributed by atoms with van der Waals surface area (Å²) in [6, 6.07) is 13.5. The molecular weight excluding hydrogens is 418 g/mol. The van der Waals surface area contributed by atoms with E-state index in [2.05, 4.69) is 36.5 Å². The fourth-order valence-electron chi connectivity index (χ4n) is 1.82. The van der Waals surface area contributed by atoms with Crippen LogP contribution in [0.15, 0.2) is 58.1 Å². The van der Waals surface area contributed by atoms with Gasteiger partial charge >= 0.3 is 17.8 Å². The molecule has 0 aliphatic rings. The summed E-state index contributed by atoms with van der Waals surface area (Å²) in [7, 11) is 1.28. The van der Waals surface area contributed by atoms with Gasteiger partial charge in [-0.1, -0.05) is 22.0 Å². The highest BCUT2D eigenvalue weighted by atomic mass is 79.9. The van der Waals surface area contributed by atoms with Crippen LogP contribution >= 0.6 is 15.9 Å². The van der Waals surface area contributed by atoms with Crippen molar-refractivity contribution in [2.24, 2.45) is 5.10 Å². The van der Waals surface area contributed by atoms with E-state index in [0.29, 0.717) is 17.0 Å². The van der Waals surface area contributed by atoms with E-state index in [1.165, 1.54) is 13.3 Å². The maximum Gasteiger partial charge on any atom is 0.343 e. The number of carbonyl (C=O) groups excluding carboxylic acids is 3. The molecule has 2 N–H and O–H groups in total. The number of anilines is 1. The maximum atomic E-state index is 11.8. The molecule has 9 heteroatoms. The summed E-state index contributed by atoms with van der Waals surface area (Å²) in [6.07, 6.45) is 1.37. The molecule has 0 aliphatic heterocycles. The fraction of sp³-hybridized carbons (Fsp3) is 0.111. The molecular formula is C18H16BrN3O5. The number of nitrogens with zero attached hydrogens (tertiary/aromatic N) is 1. The normalized spacial score (nSPS) is 10.3. The van der Waals surface area contributed by atoms with E-state index >= 15 is 0 Å². The Morgan fingerprint density at radius 1 is 1.11 bits per heavy atom. The van der Waals surface area contributed by atoms with Gasteiger partial charge in [0.1, 0.15) is 5.75 Å². The van der Waals surface area contributed by atoms with Crippen LogP contribution in [0.1, 0.15) is 5.56 Å². The van der Waals surface area contributed by atoms with Gasteiger partial charge in [-0.15, -0.1) is 0 Å². The van der Waals surface area contributed by atoms with Crippen molar-refractivity contribution in [3.05, 3.63) is 58.6 Å². The number of hydrogen-bond donors (Lipinski definition) is 2. The molecule has 0 atom stereocenters. The summed E-state index contributed by atoms with van der Waals surface area (Å²) in [5.41, 5.74) is 3.29. The van der Waals surface area contributed by atoms with Crippen molar-refractivity contribution in [1.29, 1.82) is 0 Å². The van der Waals surface area contributed by atoms with Crippen molar-refractivity contribution in [2.45, 2.75) is 0 Å². The Hall–Kier alpha value is -3.20. The van der Waals surface area contributed by atoms with E-state index < -0.39 is 17.8 Å². The van der Waals surface area contributed by atoms with E-state index in [9.17, 15) is 14.4 Å². The summed E-state index contributed by atoms with van der Waals surface area (Å²) < 4.78 is 10.5. The molecule has 140 valence electrons. The molecule has 2 aromatic rings. The topological polar surface area (TPSA) is 106 Å². The average molecular weight is 434 g/mol. The van der Waals surface area contributed by atoms with Gasteiger partial charge in [0, 0.05) is 10.2 Å². The second-order valence-electron chi connectivity index (χ2n) is 5.10. The summed E-state index contributed by atoms with van der Waals surface area (Å²) in [6.45, 7) is -0.187. The van der Waals surface area contributed by atoms with Gasteiger partial charge in [0.15, 0.2) is 6.61 Å². The largest absolute Gasteiger partial charge is 0.482 e. The van der Waals surface area contributed by atoms with Gasteiger partial charge in [0.25, 0.3) is 0 Å². The number of benzene rings is 2. The predicted octanol–water partition coefficient (Wildman–Crippen LogP) is 2.09. The lowest BCUT2D eigenvalue weighted by atomic mass is 10.2. The van der Waals surface area contributed by atoms with Gasteiger partial charge < -0.3 is 14.8 Å². The first-order chi connectivity index (χ1) is 13.0. The Balaban J connectivity index is 1.82. The van der Waals surface area contributed by atoms with Crippen molar-refractivity contribution >= 4 is 45.6 Å². The van der Waals surface area contributed by atoms with Crippen LogP contribution < -0.4 is 15.5 Å². The second-order valence-corrected chi connectivity index (χ2v) is 6.01. The van der Waals surface area contributed by atoms with E-state index in [1.54, 1.807) is 48.5 Å². The number of amides is 2. The van der Waals surface area contributed by atoms with Crippen molar-refractivity contribution < 1.29 is 23.9 Å². The highest BCUT2D eigenvalue weighted by Gasteiger charge is 2.12. The third-order valence-corrected chi connectivity index (χ3v) is 3.63. The van der Waals surface area contributed by atoms with Crippen molar-refractivity contribution in [3.8, 4) is 5.75 Å². The Morgan fingerprint density at radius 3 is 2.52 bits per heavy atom. The lowest BCUT2D eigenvalue weighted by molar-refractivity contribution is -0.142. The summed E-state index contributed by atoms with van der Waals surface area (Å²) in [5.74, 6) is -1.74. The SMILES string of the molecule is COC(=O)COc1ccc(/C=N\NC(=O)C(=O)Nc2cccc(Br)c2)cc1. The van der Waals surface area contributed by atoms with E-state index in [4.69, 9.17) is 4.74 Å². The molecule has 0 saturated heterocycles. The standard InChI is InChI=1S/C18H16BrN3O5/c1-26-16(23)11-27-15-7-5-12(6-8-15)10-20-22-18(25)17(24)21-14-4-2-3-13(19)9-14/h2-10H,11H2,1H3,(H,21,24)(H,22,25)/b20-10-. The third-order valence-electron chi connectivity index (χ3n) is 3.13. The van der Waals surface area contributed by atoms with E-state index in [-0.39, 0.29) is 6.61 Å². The summed E-state index contributed by atoms with van der Waals surface area (Å²) in [4.78, 5) is 34.5. The number of esters is 1. The number of carbonyl (C=O) groups is 3. The first-order valence-corrected chi connectivity index (χ1v) is 8.47. The molecule has 0 fully saturated rings. The van der Waals surface area contributed by atoms with Crippen LogP contribution in [0.5, 0.6) is 5.75 Å². The van der Waals surface area contributed by atoms with Gasteiger partial charge in [-0.2, -0.15) is 5.10 Å². The Kier molecular flexibility index (Phi) is 7.50. The lowest BCUT2D eigenvalue weighted by Gasteiger charge is -2.05. The third kappa shape index (κ3) is 6.90. The first kappa shape index (κ1) is 20.1. The van der Waals surface area contributed by atoms with Crippen molar-refractivity contribution in [2.75, 3.05) is 19.0 Å². The van der Waals surface area contributed by atoms with Crippen LogP contribution in [-0.4, -0.2) is 37.7 Å². The molecule has 0 aliphatic carbocycles. The second kappa shape index (κ2) is 10.1. The highest BCUT2D eigenvalue weighted by molar-refractivity contribution is 9.10. The van der Waals surface area contributed by atoms with Gasteiger partial charge in [0.05, 0.1) is 13.3 Å². The van der Waals surface area contributed by atoms with Gasteiger partial charge in [-0.3, -0.25) is 9.59 Å². The summed E-state index contributed by atoms with van der Waals surface area (Å²) >= 11 is 3.28. The van der Waals surface area contributed by atoms with Crippen molar-refractivity contribution in [3.63, 3.8) is 0 Å². The minimum absolute atomic E-state index is 0.187. The molecule has 0 unspecified atom stereocenters. The zero-order valence-corrected chi connectivity index (χ0v) is 15.9. The van der Waals surface area contributed by atoms with Gasteiger partial charge in [0.2, 0.25) is 0 Å². The Morgan fingerprint density at radius 2 is 1.85 bits per heavy atom. The number of methoxy groups -OCH3 is 1. The van der Waals surface area contributed by atoms with Gasteiger partial charge in [-0.05, 0) is 48.0 Å². The van der Waals surface area contributed by atoms with Crippen molar-refractivity contribution in [1.82, 2.24) is 5.43 Å². The number of hydrazone groups is 1. The monoisotopic (exact) mass is 433 g/mol. The molecule has 2 rings (SSSR count). The molecule has 0 radical (unpaired) electrons. The van der Waals surface area contributed by atoms with Gasteiger partial charge in [-0.25, -0.2) is 10.2 Å². The number of halogens is 1. The van der Waals surface area contributed by atoms with E-state index in [0.717, 1.165) is 4.47 Å². The average Bonchev–Trinajstić information content (AvgIpc) is 2.67. The first-order valence-electron chi connectivity index (χ1n) is 7.67. The smallest absolute Gasteiger partial charge is 0.343 e. The molecule has 0 heterocycles. The minimum Gasteiger partial charge on any atom is -0.482 e. The molecule has 2 amide bonds. The lowest BCUT2D eigenvalue weighted by Crippen LogP contribution is -2.32. The minimum atomic E-state index is -0.899. The number of rotatable bonds is 6. The highest BCUT2D eigenvalue weighted by Crippen LogP contribution is 2.15. The van der Waals surface area contributed by atoms with Crippen LogP contribution in [0, 0.1) is 0 Å². The molecule has 27 heavy (non-hydrogen) atoms. The number of hydrogen-bond acceptors (Lipinski definition) is 6. The van der Waals surface area contributed by atoms with Crippen LogP contribution in [0.25, 0.3) is 0 Å². The molecule has 0 bridgehead atoms. The molecule has 0 spiro atoms. The fourth-order valence-corrected chi connectivity index (χ4v) is 2.22. The van der Waals surface area contributed by atoms with Crippen LogP contribution in [0.3, 0.4) is 0 Å². The molecule has 0 aromatic heterocycles. The Labute approximate surface area is 163 Å². The van der Waals surface area contributed by atoms with E-state index in [1.807, 2.05) is 0 Å². The number of ether oxygens (including phenoxy) is 2. The molecule has 8 nitrogen and oxygen atoms in total. The summed E-state index contributed by atoms with van der Waals surface area (Å²) in [5, 5.41) is 6.19. The van der Waals surface area contributed by atoms with Crippen LogP contribution in [0.2, 0.25) is 0 Å². The van der Waals surface area contributed by atoms with Crippen LogP contribution in [0.4, 0.5) is 5.69 Å². The number of nitrogens with one attached hydrogen (secondary N) is 2. The quantitative estimate of drug-likeness (QED) is 0.314.